The molecular weight excluding hydrogens is 281 g/mol. The number of nitrogen functional groups attached to an aromatic ring is 1. The molecule has 6 heteroatoms. The van der Waals surface area contributed by atoms with Gasteiger partial charge >= 0.3 is 6.18 Å². The summed E-state index contributed by atoms with van der Waals surface area (Å²) in [6.07, 6.45) is -0.909. The summed E-state index contributed by atoms with van der Waals surface area (Å²) in [6.45, 7) is 0.107. The Bertz CT molecular complexity index is 540. The lowest BCUT2D eigenvalue weighted by atomic mass is 9.97. The lowest BCUT2D eigenvalue weighted by molar-refractivity contribution is -0.187. The van der Waals surface area contributed by atoms with Gasteiger partial charge in [-0.05, 0) is 36.6 Å². The molecule has 0 aromatic heterocycles. The van der Waals surface area contributed by atoms with E-state index in [-0.39, 0.29) is 13.0 Å². The first-order valence-electron chi connectivity index (χ1n) is 6.75. The zero-order chi connectivity index (χ0) is 15.5. The van der Waals surface area contributed by atoms with Crippen molar-refractivity contribution >= 4 is 17.7 Å². The molecule has 0 radical (unpaired) electrons. The van der Waals surface area contributed by atoms with E-state index in [4.69, 9.17) is 5.73 Å². The quantitative estimate of drug-likeness (QED) is 0.673. The first kappa shape index (κ1) is 15.4. The molecule has 1 heterocycles. The van der Waals surface area contributed by atoms with E-state index in [0.29, 0.717) is 18.7 Å². The van der Waals surface area contributed by atoms with Crippen LogP contribution in [0.2, 0.25) is 0 Å². The SMILES string of the molecule is Nc1cccc(/C=C/C(=O)N2CCCC(C(F)(F)F)C2)c1. The minimum atomic E-state index is -4.24. The van der Waals surface area contributed by atoms with Gasteiger partial charge in [0.15, 0.2) is 0 Å². The summed E-state index contributed by atoms with van der Waals surface area (Å²) < 4.78 is 38.1. The molecule has 0 bridgehead atoms. The number of nitrogens with two attached hydrogens (primary N) is 1. The molecule has 1 aliphatic heterocycles. The lowest BCUT2D eigenvalue weighted by Crippen LogP contribution is -2.44. The molecule has 1 atom stereocenters. The standard InChI is InChI=1S/C15H17F3N2O/c16-15(17,18)12-4-2-8-20(10-12)14(21)7-6-11-3-1-5-13(19)9-11/h1,3,5-7,9,12H,2,4,8,10,19H2/b7-6+. The van der Waals surface area contributed by atoms with Crippen LogP contribution < -0.4 is 5.73 Å². The van der Waals surface area contributed by atoms with Crippen LogP contribution in [0.25, 0.3) is 6.08 Å². The topological polar surface area (TPSA) is 46.3 Å². The van der Waals surface area contributed by atoms with Crippen molar-refractivity contribution in [2.24, 2.45) is 5.92 Å². The van der Waals surface area contributed by atoms with Crippen LogP contribution in [-0.4, -0.2) is 30.1 Å². The van der Waals surface area contributed by atoms with Crippen LogP contribution in [0.1, 0.15) is 18.4 Å². The van der Waals surface area contributed by atoms with E-state index < -0.39 is 18.0 Å². The smallest absolute Gasteiger partial charge is 0.393 e. The molecule has 0 aliphatic carbocycles. The van der Waals surface area contributed by atoms with Crippen molar-refractivity contribution in [2.45, 2.75) is 19.0 Å². The van der Waals surface area contributed by atoms with E-state index in [0.717, 1.165) is 5.56 Å². The van der Waals surface area contributed by atoms with Crippen molar-refractivity contribution in [1.29, 1.82) is 0 Å². The highest BCUT2D eigenvalue weighted by atomic mass is 19.4. The summed E-state index contributed by atoms with van der Waals surface area (Å²) in [5.74, 6) is -1.82. The van der Waals surface area contributed by atoms with Crippen molar-refractivity contribution < 1.29 is 18.0 Å². The van der Waals surface area contributed by atoms with Gasteiger partial charge in [0.25, 0.3) is 0 Å². The molecule has 1 saturated heterocycles. The number of piperidine rings is 1. The van der Waals surface area contributed by atoms with E-state index in [1.54, 1.807) is 30.3 Å². The lowest BCUT2D eigenvalue weighted by Gasteiger charge is -2.33. The second-order valence-corrected chi connectivity index (χ2v) is 5.17. The van der Waals surface area contributed by atoms with Crippen molar-refractivity contribution in [3.05, 3.63) is 35.9 Å². The third kappa shape index (κ3) is 4.24. The number of carbonyl (C=O) groups excluding carboxylic acids is 1. The zero-order valence-corrected chi connectivity index (χ0v) is 11.4. The molecule has 1 amide bonds. The van der Waals surface area contributed by atoms with Crippen LogP contribution in [0.3, 0.4) is 0 Å². The molecule has 2 N–H and O–H groups in total. The van der Waals surface area contributed by atoms with Crippen LogP contribution in [-0.2, 0) is 4.79 Å². The monoisotopic (exact) mass is 298 g/mol. The zero-order valence-electron chi connectivity index (χ0n) is 11.4. The third-order valence-corrected chi connectivity index (χ3v) is 3.53. The maximum absolute atomic E-state index is 12.7. The molecule has 1 aliphatic rings. The fourth-order valence-electron chi connectivity index (χ4n) is 2.38. The number of likely N-dealkylation sites (tertiary alicyclic amines) is 1. The Morgan fingerprint density at radius 1 is 1.38 bits per heavy atom. The highest BCUT2D eigenvalue weighted by Gasteiger charge is 2.42. The summed E-state index contributed by atoms with van der Waals surface area (Å²) in [5, 5.41) is 0. The first-order valence-corrected chi connectivity index (χ1v) is 6.75. The molecular formula is C15H17F3N2O. The fourth-order valence-corrected chi connectivity index (χ4v) is 2.38. The van der Waals surface area contributed by atoms with Gasteiger partial charge in [0.1, 0.15) is 0 Å². The number of hydrogen-bond donors (Lipinski definition) is 1. The number of carbonyl (C=O) groups is 1. The predicted molar refractivity (Wildman–Crippen MR) is 75.2 cm³/mol. The molecule has 1 fully saturated rings. The molecule has 2 rings (SSSR count). The number of rotatable bonds is 2. The van der Waals surface area contributed by atoms with Crippen LogP contribution >= 0.6 is 0 Å². The highest BCUT2D eigenvalue weighted by molar-refractivity contribution is 5.92. The van der Waals surface area contributed by atoms with Crippen molar-refractivity contribution in [1.82, 2.24) is 4.90 Å². The first-order chi connectivity index (χ1) is 9.86. The van der Waals surface area contributed by atoms with Gasteiger partial charge in [-0.25, -0.2) is 0 Å². The fraction of sp³-hybridized carbons (Fsp3) is 0.400. The number of hydrogen-bond acceptors (Lipinski definition) is 2. The second-order valence-electron chi connectivity index (χ2n) is 5.17. The van der Waals surface area contributed by atoms with Crippen LogP contribution in [0.15, 0.2) is 30.3 Å². The van der Waals surface area contributed by atoms with Gasteiger partial charge in [0.2, 0.25) is 5.91 Å². The Labute approximate surface area is 121 Å². The minimum Gasteiger partial charge on any atom is -0.399 e. The Balaban J connectivity index is 2.00. The Morgan fingerprint density at radius 3 is 2.81 bits per heavy atom. The number of amides is 1. The Morgan fingerprint density at radius 2 is 2.14 bits per heavy atom. The molecule has 0 saturated carbocycles. The van der Waals surface area contributed by atoms with E-state index in [2.05, 4.69) is 0 Å². The summed E-state index contributed by atoms with van der Waals surface area (Å²) in [6, 6.07) is 6.94. The number of benzene rings is 1. The summed E-state index contributed by atoms with van der Waals surface area (Å²) in [5.41, 5.74) is 6.93. The second kappa shape index (κ2) is 6.20. The number of alkyl halides is 3. The minimum absolute atomic E-state index is 0.0895. The molecule has 21 heavy (non-hydrogen) atoms. The maximum atomic E-state index is 12.7. The number of nitrogens with zero attached hydrogens (tertiary/aromatic N) is 1. The van der Waals surface area contributed by atoms with Gasteiger partial charge in [-0.1, -0.05) is 12.1 Å². The van der Waals surface area contributed by atoms with Gasteiger partial charge in [0.05, 0.1) is 5.92 Å². The van der Waals surface area contributed by atoms with E-state index in [1.165, 1.54) is 11.0 Å². The van der Waals surface area contributed by atoms with Gasteiger partial charge in [-0.3, -0.25) is 4.79 Å². The average molecular weight is 298 g/mol. The summed E-state index contributed by atoms with van der Waals surface area (Å²) in [4.78, 5) is 13.2. The molecule has 1 unspecified atom stereocenters. The van der Waals surface area contributed by atoms with E-state index >= 15 is 0 Å². The normalized spacial score (nSPS) is 20.0. The molecule has 0 spiro atoms. The summed E-state index contributed by atoms with van der Waals surface area (Å²) in [7, 11) is 0. The van der Waals surface area contributed by atoms with Gasteiger partial charge in [0, 0.05) is 24.9 Å². The Kier molecular flexibility index (Phi) is 4.55. The summed E-state index contributed by atoms with van der Waals surface area (Å²) >= 11 is 0. The van der Waals surface area contributed by atoms with Crippen LogP contribution in [0.5, 0.6) is 0 Å². The van der Waals surface area contributed by atoms with E-state index in [1.807, 2.05) is 0 Å². The molecule has 1 aromatic rings. The van der Waals surface area contributed by atoms with Crippen LogP contribution in [0.4, 0.5) is 18.9 Å². The van der Waals surface area contributed by atoms with Crippen molar-refractivity contribution in [2.75, 3.05) is 18.8 Å². The molecule has 114 valence electrons. The average Bonchev–Trinajstić information content (AvgIpc) is 2.44. The van der Waals surface area contributed by atoms with E-state index in [9.17, 15) is 18.0 Å². The number of halogens is 3. The largest absolute Gasteiger partial charge is 0.399 e. The number of anilines is 1. The van der Waals surface area contributed by atoms with Gasteiger partial charge < -0.3 is 10.6 Å². The third-order valence-electron chi connectivity index (χ3n) is 3.53. The molecule has 3 nitrogen and oxygen atoms in total. The maximum Gasteiger partial charge on any atom is 0.393 e. The molecule has 1 aromatic carbocycles. The van der Waals surface area contributed by atoms with Crippen molar-refractivity contribution in [3.8, 4) is 0 Å². The van der Waals surface area contributed by atoms with Crippen LogP contribution in [0, 0.1) is 5.92 Å². The van der Waals surface area contributed by atoms with Gasteiger partial charge in [-0.15, -0.1) is 0 Å². The van der Waals surface area contributed by atoms with Crippen molar-refractivity contribution in [3.63, 3.8) is 0 Å². The highest BCUT2D eigenvalue weighted by Crippen LogP contribution is 2.33. The van der Waals surface area contributed by atoms with Gasteiger partial charge in [-0.2, -0.15) is 13.2 Å². The predicted octanol–water partition coefficient (Wildman–Crippen LogP) is 3.08. The Hall–Kier alpha value is -1.98.